The van der Waals surface area contributed by atoms with Crippen molar-refractivity contribution in [2.24, 2.45) is 0 Å². The van der Waals surface area contributed by atoms with Crippen LogP contribution in [0, 0.1) is 0 Å². The zero-order valence-corrected chi connectivity index (χ0v) is 18.0. The van der Waals surface area contributed by atoms with E-state index in [2.05, 4.69) is 12.2 Å². The lowest BCUT2D eigenvalue weighted by atomic mass is 10.1. The van der Waals surface area contributed by atoms with Crippen LogP contribution in [-0.2, 0) is 4.79 Å². The van der Waals surface area contributed by atoms with Crippen molar-refractivity contribution >= 4 is 29.1 Å². The number of halogens is 1. The molecule has 2 aromatic rings. The lowest BCUT2D eigenvalue weighted by Crippen LogP contribution is -2.50. The molecule has 1 saturated heterocycles. The standard InChI is InChI=1S/C23H28ClN3O3/c1-2-3-16-30-19-10-8-18(9-11-19)23(29)27-14-12-26(13-15-27)17-22(28)25-21-7-5-4-6-20(21)24/h4-11H,2-3,12-17H2,1H3,(H,25,28). The molecule has 3 rings (SSSR count). The van der Waals surface area contributed by atoms with Gasteiger partial charge in [-0.25, -0.2) is 0 Å². The highest BCUT2D eigenvalue weighted by Gasteiger charge is 2.23. The Balaban J connectivity index is 1.45. The molecule has 1 aliphatic rings. The fraction of sp³-hybridized carbons (Fsp3) is 0.391. The Morgan fingerprint density at radius 1 is 1.03 bits per heavy atom. The van der Waals surface area contributed by atoms with Gasteiger partial charge in [0, 0.05) is 31.7 Å². The van der Waals surface area contributed by atoms with Crippen molar-refractivity contribution in [3.8, 4) is 5.75 Å². The van der Waals surface area contributed by atoms with E-state index in [0.717, 1.165) is 18.6 Å². The number of hydrogen-bond acceptors (Lipinski definition) is 4. The van der Waals surface area contributed by atoms with Crippen LogP contribution in [0.15, 0.2) is 48.5 Å². The average molecular weight is 430 g/mol. The first kappa shape index (κ1) is 22.1. The highest BCUT2D eigenvalue weighted by molar-refractivity contribution is 6.33. The summed E-state index contributed by atoms with van der Waals surface area (Å²) in [6, 6.07) is 14.5. The highest BCUT2D eigenvalue weighted by Crippen LogP contribution is 2.20. The first-order valence-corrected chi connectivity index (χ1v) is 10.7. The molecule has 0 bridgehead atoms. The normalized spacial score (nSPS) is 14.4. The van der Waals surface area contributed by atoms with Gasteiger partial charge in [-0.3, -0.25) is 14.5 Å². The smallest absolute Gasteiger partial charge is 0.253 e. The number of nitrogens with zero attached hydrogens (tertiary/aromatic N) is 2. The summed E-state index contributed by atoms with van der Waals surface area (Å²) >= 11 is 6.08. The number of unbranched alkanes of at least 4 members (excludes halogenated alkanes) is 1. The number of anilines is 1. The van der Waals surface area contributed by atoms with Gasteiger partial charge in [-0.05, 0) is 42.8 Å². The molecule has 2 aromatic carbocycles. The zero-order valence-electron chi connectivity index (χ0n) is 17.3. The molecule has 6 nitrogen and oxygen atoms in total. The molecule has 0 aromatic heterocycles. The van der Waals surface area contributed by atoms with Crippen LogP contribution in [0.1, 0.15) is 30.1 Å². The number of carbonyl (C=O) groups is 2. The van der Waals surface area contributed by atoms with Crippen LogP contribution in [0.3, 0.4) is 0 Å². The van der Waals surface area contributed by atoms with E-state index in [1.807, 2.05) is 46.2 Å². The molecule has 30 heavy (non-hydrogen) atoms. The van der Waals surface area contributed by atoms with Gasteiger partial charge in [0.1, 0.15) is 5.75 Å². The van der Waals surface area contributed by atoms with E-state index >= 15 is 0 Å². The molecule has 0 unspecified atom stereocenters. The molecule has 0 aliphatic carbocycles. The third-order valence-electron chi connectivity index (χ3n) is 5.04. The molecule has 1 heterocycles. The molecule has 0 saturated carbocycles. The third kappa shape index (κ3) is 6.21. The number of amides is 2. The Bertz CT molecular complexity index is 849. The molecule has 2 amide bonds. The van der Waals surface area contributed by atoms with E-state index < -0.39 is 0 Å². The molecule has 1 fully saturated rings. The van der Waals surface area contributed by atoms with Gasteiger partial charge in [0.15, 0.2) is 0 Å². The summed E-state index contributed by atoms with van der Waals surface area (Å²) < 4.78 is 5.65. The third-order valence-corrected chi connectivity index (χ3v) is 5.37. The van der Waals surface area contributed by atoms with E-state index in [1.54, 1.807) is 12.1 Å². The summed E-state index contributed by atoms with van der Waals surface area (Å²) in [5, 5.41) is 3.35. The Kier molecular flexibility index (Phi) is 8.11. The summed E-state index contributed by atoms with van der Waals surface area (Å²) in [6.45, 7) is 5.57. The van der Waals surface area contributed by atoms with E-state index in [1.165, 1.54) is 0 Å². The molecule has 160 valence electrons. The second-order valence-electron chi connectivity index (χ2n) is 7.32. The fourth-order valence-corrected chi connectivity index (χ4v) is 3.46. The van der Waals surface area contributed by atoms with Crippen LogP contribution in [0.25, 0.3) is 0 Å². The van der Waals surface area contributed by atoms with Gasteiger partial charge < -0.3 is 15.0 Å². The molecule has 0 radical (unpaired) electrons. The summed E-state index contributed by atoms with van der Waals surface area (Å²) in [6.07, 6.45) is 2.10. The van der Waals surface area contributed by atoms with Gasteiger partial charge in [0.05, 0.1) is 23.9 Å². The number of rotatable bonds is 8. The first-order chi connectivity index (χ1) is 14.6. The SMILES string of the molecule is CCCCOc1ccc(C(=O)N2CCN(CC(=O)Nc3ccccc3Cl)CC2)cc1. The number of hydrogen-bond donors (Lipinski definition) is 1. The minimum atomic E-state index is -0.110. The topological polar surface area (TPSA) is 61.9 Å². The predicted molar refractivity (Wildman–Crippen MR) is 119 cm³/mol. The zero-order chi connectivity index (χ0) is 21.3. The molecule has 7 heteroatoms. The van der Waals surface area contributed by atoms with Crippen molar-refractivity contribution in [2.75, 3.05) is 44.6 Å². The van der Waals surface area contributed by atoms with Gasteiger partial charge in [-0.1, -0.05) is 37.1 Å². The van der Waals surface area contributed by atoms with Crippen molar-refractivity contribution in [1.29, 1.82) is 0 Å². The Morgan fingerprint density at radius 2 is 1.73 bits per heavy atom. The number of para-hydroxylation sites is 1. The van der Waals surface area contributed by atoms with Crippen molar-refractivity contribution in [3.05, 3.63) is 59.1 Å². The maximum atomic E-state index is 12.8. The van der Waals surface area contributed by atoms with Crippen LogP contribution in [0.2, 0.25) is 5.02 Å². The lowest BCUT2D eigenvalue weighted by Gasteiger charge is -2.34. The van der Waals surface area contributed by atoms with Gasteiger partial charge in [-0.15, -0.1) is 0 Å². The molecule has 0 spiro atoms. The van der Waals surface area contributed by atoms with Gasteiger partial charge >= 0.3 is 0 Å². The minimum Gasteiger partial charge on any atom is -0.494 e. The van der Waals surface area contributed by atoms with Crippen molar-refractivity contribution in [2.45, 2.75) is 19.8 Å². The van der Waals surface area contributed by atoms with Gasteiger partial charge in [0.25, 0.3) is 5.91 Å². The molecule has 0 atom stereocenters. The van der Waals surface area contributed by atoms with Crippen molar-refractivity contribution in [1.82, 2.24) is 9.80 Å². The monoisotopic (exact) mass is 429 g/mol. The van der Waals surface area contributed by atoms with Crippen LogP contribution < -0.4 is 10.1 Å². The minimum absolute atomic E-state index is 0.00952. The largest absolute Gasteiger partial charge is 0.494 e. The second kappa shape index (κ2) is 11.0. The number of piperazine rings is 1. The van der Waals surface area contributed by atoms with Crippen LogP contribution in [-0.4, -0.2) is 60.9 Å². The van der Waals surface area contributed by atoms with Crippen molar-refractivity contribution in [3.63, 3.8) is 0 Å². The summed E-state index contributed by atoms with van der Waals surface area (Å²) in [5.41, 5.74) is 1.27. The summed E-state index contributed by atoms with van der Waals surface area (Å²) in [7, 11) is 0. The molecular formula is C23H28ClN3O3. The Morgan fingerprint density at radius 3 is 2.40 bits per heavy atom. The van der Waals surface area contributed by atoms with Crippen molar-refractivity contribution < 1.29 is 14.3 Å². The van der Waals surface area contributed by atoms with E-state index in [-0.39, 0.29) is 18.4 Å². The quantitative estimate of drug-likeness (QED) is 0.646. The second-order valence-corrected chi connectivity index (χ2v) is 7.73. The summed E-state index contributed by atoms with van der Waals surface area (Å²) in [4.78, 5) is 28.9. The van der Waals surface area contributed by atoms with Crippen LogP contribution in [0.4, 0.5) is 5.69 Å². The van der Waals surface area contributed by atoms with E-state index in [0.29, 0.717) is 49.1 Å². The van der Waals surface area contributed by atoms with E-state index in [9.17, 15) is 9.59 Å². The predicted octanol–water partition coefficient (Wildman–Crippen LogP) is 3.92. The molecular weight excluding hydrogens is 402 g/mol. The summed E-state index contributed by atoms with van der Waals surface area (Å²) in [5.74, 6) is 0.686. The van der Waals surface area contributed by atoms with Crippen LogP contribution in [0.5, 0.6) is 5.75 Å². The maximum Gasteiger partial charge on any atom is 0.253 e. The Labute approximate surface area is 182 Å². The number of carbonyl (C=O) groups excluding carboxylic acids is 2. The molecule has 1 N–H and O–H groups in total. The number of nitrogens with one attached hydrogen (secondary N) is 1. The first-order valence-electron chi connectivity index (χ1n) is 10.4. The average Bonchev–Trinajstić information content (AvgIpc) is 2.76. The fourth-order valence-electron chi connectivity index (χ4n) is 3.28. The Hall–Kier alpha value is -2.57. The lowest BCUT2D eigenvalue weighted by molar-refractivity contribution is -0.117. The maximum absolute atomic E-state index is 12.8. The van der Waals surface area contributed by atoms with Gasteiger partial charge in [-0.2, -0.15) is 0 Å². The molecule has 1 aliphatic heterocycles. The van der Waals surface area contributed by atoms with Gasteiger partial charge in [0.2, 0.25) is 5.91 Å². The van der Waals surface area contributed by atoms with Crippen LogP contribution >= 0.6 is 11.6 Å². The van der Waals surface area contributed by atoms with E-state index in [4.69, 9.17) is 16.3 Å². The highest BCUT2D eigenvalue weighted by atomic mass is 35.5. The number of ether oxygens (including phenoxy) is 1. The number of benzene rings is 2.